The van der Waals surface area contributed by atoms with Gasteiger partial charge in [0, 0.05) is 36.2 Å². The van der Waals surface area contributed by atoms with Crippen molar-refractivity contribution in [2.75, 3.05) is 6.61 Å². The van der Waals surface area contributed by atoms with Crippen LogP contribution < -0.4 is 10.1 Å². The van der Waals surface area contributed by atoms with Gasteiger partial charge in [0.15, 0.2) is 0 Å². The normalized spacial score (nSPS) is 11.9. The van der Waals surface area contributed by atoms with E-state index >= 15 is 4.39 Å². The number of aliphatic hydroxyl groups excluding tert-OH is 1. The van der Waals surface area contributed by atoms with Crippen molar-refractivity contribution in [3.63, 3.8) is 0 Å². The first-order valence-corrected chi connectivity index (χ1v) is 12.1. The van der Waals surface area contributed by atoms with E-state index in [0.29, 0.717) is 22.6 Å². The highest BCUT2D eigenvalue weighted by atomic mass is 19.1. The zero-order valence-electron chi connectivity index (χ0n) is 21.0. The Morgan fingerprint density at radius 3 is 2.73 bits per heavy atom. The van der Waals surface area contributed by atoms with Gasteiger partial charge in [-0.25, -0.2) is 9.37 Å². The zero-order chi connectivity index (χ0) is 26.5. The van der Waals surface area contributed by atoms with Crippen LogP contribution in [0.5, 0.6) is 5.75 Å². The molecule has 4 rings (SSSR count). The molecule has 0 aliphatic rings. The number of hydrogen-bond acceptors (Lipinski definition) is 5. The SMILES string of the molecule is Cc1cccn2cc(-c3ccc(C[C@@H](CCO)NC(=O)c4ccc(OC(C)C)c(C#N)c4)c(F)c3)nc12. The number of nitriles is 1. The average molecular weight is 501 g/mol. The molecule has 2 aromatic heterocycles. The molecule has 4 aromatic rings. The number of hydrogen-bond donors (Lipinski definition) is 2. The van der Waals surface area contributed by atoms with E-state index in [1.165, 1.54) is 12.1 Å². The number of ether oxygens (including phenoxy) is 1. The molecule has 0 radical (unpaired) electrons. The molecule has 190 valence electrons. The van der Waals surface area contributed by atoms with Crippen molar-refractivity contribution < 1.29 is 19.0 Å². The number of carbonyl (C=O) groups excluding carboxylic acids is 1. The summed E-state index contributed by atoms with van der Waals surface area (Å²) in [5.74, 6) is -0.419. The fourth-order valence-electron chi connectivity index (χ4n) is 4.20. The summed E-state index contributed by atoms with van der Waals surface area (Å²) >= 11 is 0. The van der Waals surface area contributed by atoms with Gasteiger partial charge >= 0.3 is 0 Å². The minimum Gasteiger partial charge on any atom is -0.490 e. The molecular formula is C29H29FN4O3. The number of fused-ring (bicyclic) bond motifs is 1. The largest absolute Gasteiger partial charge is 0.490 e. The monoisotopic (exact) mass is 500 g/mol. The van der Waals surface area contributed by atoms with Crippen LogP contribution in [0, 0.1) is 24.1 Å². The Balaban J connectivity index is 1.50. The molecule has 1 atom stereocenters. The third-order valence-corrected chi connectivity index (χ3v) is 6.03. The fraction of sp³-hybridized carbons (Fsp3) is 0.276. The number of nitrogens with one attached hydrogen (secondary N) is 1. The lowest BCUT2D eigenvalue weighted by atomic mass is 10.00. The predicted octanol–water partition coefficient (Wildman–Crippen LogP) is 4.83. The maximum atomic E-state index is 15.1. The van der Waals surface area contributed by atoms with Gasteiger partial charge in [0.05, 0.1) is 17.4 Å². The molecular weight excluding hydrogens is 471 g/mol. The van der Waals surface area contributed by atoms with Crippen molar-refractivity contribution in [1.29, 1.82) is 5.26 Å². The Bertz CT molecular complexity index is 1470. The molecule has 2 heterocycles. The first kappa shape index (κ1) is 25.9. The molecule has 0 bridgehead atoms. The Morgan fingerprint density at radius 1 is 1.24 bits per heavy atom. The maximum absolute atomic E-state index is 15.1. The van der Waals surface area contributed by atoms with E-state index in [4.69, 9.17) is 4.74 Å². The van der Waals surface area contributed by atoms with Crippen molar-refractivity contribution in [2.24, 2.45) is 0 Å². The van der Waals surface area contributed by atoms with Crippen LogP contribution in [0.2, 0.25) is 0 Å². The van der Waals surface area contributed by atoms with Crippen molar-refractivity contribution in [3.8, 4) is 23.1 Å². The van der Waals surface area contributed by atoms with Gasteiger partial charge in [-0.05, 0) is 75.1 Å². The molecule has 0 aliphatic carbocycles. The topological polar surface area (TPSA) is 99.6 Å². The standard InChI is InChI=1S/C29H29FN4O3/c1-18(2)37-27-9-8-22(13-23(27)16-31)29(36)32-24(10-12-35)14-20-6-7-21(15-25(20)30)26-17-34-11-4-5-19(3)28(34)33-26/h4-9,11,13,15,17-18,24,35H,10,12,14H2,1-3H3,(H,32,36)/t24-/m1/s1. The van der Waals surface area contributed by atoms with E-state index in [9.17, 15) is 15.2 Å². The molecule has 2 aromatic carbocycles. The van der Waals surface area contributed by atoms with Crippen LogP contribution >= 0.6 is 0 Å². The number of halogens is 1. The van der Waals surface area contributed by atoms with Gasteiger partial charge in [-0.3, -0.25) is 4.79 Å². The molecule has 8 heteroatoms. The van der Waals surface area contributed by atoms with Gasteiger partial charge in [0.2, 0.25) is 0 Å². The smallest absolute Gasteiger partial charge is 0.251 e. The third-order valence-electron chi connectivity index (χ3n) is 6.03. The second-order valence-corrected chi connectivity index (χ2v) is 9.23. The Kier molecular flexibility index (Phi) is 7.85. The Labute approximate surface area is 215 Å². The molecule has 1 amide bonds. The number of aryl methyl sites for hydroxylation is 1. The summed E-state index contributed by atoms with van der Waals surface area (Å²) in [7, 11) is 0. The summed E-state index contributed by atoms with van der Waals surface area (Å²) in [6.45, 7) is 5.51. The molecule has 37 heavy (non-hydrogen) atoms. The van der Waals surface area contributed by atoms with Gasteiger partial charge in [0.25, 0.3) is 5.91 Å². The minimum absolute atomic E-state index is 0.112. The van der Waals surface area contributed by atoms with Crippen LogP contribution in [-0.2, 0) is 6.42 Å². The second-order valence-electron chi connectivity index (χ2n) is 9.23. The number of amides is 1. The van der Waals surface area contributed by atoms with Crippen LogP contribution in [0.3, 0.4) is 0 Å². The molecule has 0 spiro atoms. The van der Waals surface area contributed by atoms with E-state index in [2.05, 4.69) is 16.4 Å². The summed E-state index contributed by atoms with van der Waals surface area (Å²) in [6.07, 6.45) is 4.09. The highest BCUT2D eigenvalue weighted by Gasteiger charge is 2.18. The number of carbonyl (C=O) groups is 1. The Hall–Kier alpha value is -4.22. The first-order valence-electron chi connectivity index (χ1n) is 12.1. The number of benzene rings is 2. The fourth-order valence-corrected chi connectivity index (χ4v) is 4.20. The predicted molar refractivity (Wildman–Crippen MR) is 139 cm³/mol. The van der Waals surface area contributed by atoms with E-state index in [0.717, 1.165) is 11.2 Å². The van der Waals surface area contributed by atoms with Crippen LogP contribution in [0.4, 0.5) is 4.39 Å². The summed E-state index contributed by atoms with van der Waals surface area (Å²) in [5.41, 5.74) is 4.12. The van der Waals surface area contributed by atoms with E-state index < -0.39 is 17.8 Å². The van der Waals surface area contributed by atoms with Gasteiger partial charge in [-0.2, -0.15) is 5.26 Å². The summed E-state index contributed by atoms with van der Waals surface area (Å²) < 4.78 is 22.6. The van der Waals surface area contributed by atoms with Crippen LogP contribution in [-0.4, -0.2) is 39.2 Å². The number of imidazole rings is 1. The number of rotatable bonds is 9. The van der Waals surface area contributed by atoms with E-state index in [1.54, 1.807) is 24.3 Å². The first-order chi connectivity index (χ1) is 17.8. The highest BCUT2D eigenvalue weighted by molar-refractivity contribution is 5.95. The highest BCUT2D eigenvalue weighted by Crippen LogP contribution is 2.24. The van der Waals surface area contributed by atoms with Crippen LogP contribution in [0.25, 0.3) is 16.9 Å². The van der Waals surface area contributed by atoms with Crippen LogP contribution in [0.1, 0.15) is 47.3 Å². The average Bonchev–Trinajstić information content (AvgIpc) is 3.31. The number of aliphatic hydroxyl groups is 1. The molecule has 0 saturated carbocycles. The third kappa shape index (κ3) is 5.96. The number of nitrogens with zero attached hydrogens (tertiary/aromatic N) is 3. The van der Waals surface area contributed by atoms with Gasteiger partial charge < -0.3 is 19.6 Å². The number of aromatic nitrogens is 2. The minimum atomic E-state index is -0.507. The van der Waals surface area contributed by atoms with Crippen molar-refractivity contribution in [1.82, 2.24) is 14.7 Å². The lowest BCUT2D eigenvalue weighted by Crippen LogP contribution is -2.37. The Morgan fingerprint density at radius 2 is 2.05 bits per heavy atom. The summed E-state index contributed by atoms with van der Waals surface area (Å²) in [6, 6.07) is 15.0. The van der Waals surface area contributed by atoms with E-state index in [1.807, 2.05) is 49.7 Å². The molecule has 0 fully saturated rings. The van der Waals surface area contributed by atoms with Crippen molar-refractivity contribution >= 4 is 11.6 Å². The lowest BCUT2D eigenvalue weighted by molar-refractivity contribution is 0.0930. The summed E-state index contributed by atoms with van der Waals surface area (Å²) in [5, 5.41) is 21.8. The molecule has 2 N–H and O–H groups in total. The van der Waals surface area contributed by atoms with Gasteiger partial charge in [-0.15, -0.1) is 0 Å². The quantitative estimate of drug-likeness (QED) is 0.343. The van der Waals surface area contributed by atoms with Gasteiger partial charge in [0.1, 0.15) is 23.3 Å². The molecule has 0 aliphatic heterocycles. The zero-order valence-corrected chi connectivity index (χ0v) is 21.0. The van der Waals surface area contributed by atoms with E-state index in [-0.39, 0.29) is 36.7 Å². The molecule has 0 saturated heterocycles. The molecule has 7 nitrogen and oxygen atoms in total. The number of pyridine rings is 1. The summed E-state index contributed by atoms with van der Waals surface area (Å²) in [4.78, 5) is 17.5. The second kappa shape index (κ2) is 11.2. The van der Waals surface area contributed by atoms with Gasteiger partial charge in [-0.1, -0.05) is 18.2 Å². The van der Waals surface area contributed by atoms with Crippen LogP contribution in [0.15, 0.2) is 60.9 Å². The maximum Gasteiger partial charge on any atom is 0.251 e. The van der Waals surface area contributed by atoms with Crippen molar-refractivity contribution in [2.45, 2.75) is 45.8 Å². The van der Waals surface area contributed by atoms with Crippen molar-refractivity contribution in [3.05, 3.63) is 89.0 Å². The molecule has 0 unspecified atom stereocenters. The lowest BCUT2D eigenvalue weighted by Gasteiger charge is -2.19.